The fourth-order valence-corrected chi connectivity index (χ4v) is 3.27. The van der Waals surface area contributed by atoms with Gasteiger partial charge in [0, 0.05) is 17.5 Å². The zero-order valence-electron chi connectivity index (χ0n) is 10.8. The number of halogens is 2. The van der Waals surface area contributed by atoms with Gasteiger partial charge in [0.2, 0.25) is 0 Å². The normalized spacial score (nSPS) is 12.6. The van der Waals surface area contributed by atoms with E-state index in [0.29, 0.717) is 16.1 Å². The van der Waals surface area contributed by atoms with Gasteiger partial charge in [0.1, 0.15) is 0 Å². The molecule has 1 unspecified atom stereocenters. The maximum absolute atomic E-state index is 6.21. The quantitative estimate of drug-likeness (QED) is 0.722. The zero-order valence-corrected chi connectivity index (χ0v) is 13.2. The molecule has 1 aromatic heterocycles. The van der Waals surface area contributed by atoms with Crippen molar-refractivity contribution in [3.8, 4) is 0 Å². The van der Waals surface area contributed by atoms with Gasteiger partial charge in [-0.15, -0.1) is 11.3 Å². The van der Waals surface area contributed by atoms with Crippen LogP contribution in [0, 0.1) is 0 Å². The molecule has 0 spiro atoms. The first-order valence-corrected chi connectivity index (χ1v) is 8.05. The van der Waals surface area contributed by atoms with Crippen LogP contribution in [-0.2, 0) is 6.54 Å². The van der Waals surface area contributed by atoms with Crippen LogP contribution in [0.1, 0.15) is 36.2 Å². The van der Waals surface area contributed by atoms with E-state index in [1.807, 2.05) is 18.2 Å². The lowest BCUT2D eigenvalue weighted by Gasteiger charge is -2.17. The average molecular weight is 314 g/mol. The monoisotopic (exact) mass is 313 g/mol. The first-order valence-electron chi connectivity index (χ1n) is 6.42. The second-order valence-electron chi connectivity index (χ2n) is 4.45. The molecule has 102 valence electrons. The van der Waals surface area contributed by atoms with Crippen molar-refractivity contribution < 1.29 is 0 Å². The summed E-state index contributed by atoms with van der Waals surface area (Å²) >= 11 is 14.0. The Morgan fingerprint density at radius 2 is 2.05 bits per heavy atom. The van der Waals surface area contributed by atoms with Crippen LogP contribution in [0.4, 0.5) is 0 Å². The average Bonchev–Trinajstić information content (AvgIpc) is 2.93. The molecule has 0 aliphatic rings. The van der Waals surface area contributed by atoms with E-state index < -0.39 is 0 Å². The molecular formula is C15H17Cl2NS. The largest absolute Gasteiger partial charge is 0.305 e. The fraction of sp³-hybridized carbons (Fsp3) is 0.333. The Labute approximate surface area is 128 Å². The molecule has 0 saturated carbocycles. The summed E-state index contributed by atoms with van der Waals surface area (Å²) in [5.41, 5.74) is 1.05. The molecule has 0 amide bonds. The first kappa shape index (κ1) is 14.9. The van der Waals surface area contributed by atoms with Gasteiger partial charge in [0.05, 0.1) is 10.0 Å². The van der Waals surface area contributed by atoms with E-state index in [1.165, 1.54) is 4.88 Å². The summed E-state index contributed by atoms with van der Waals surface area (Å²) in [7, 11) is 0. The number of thiophene rings is 1. The van der Waals surface area contributed by atoms with Crippen molar-refractivity contribution in [2.75, 3.05) is 0 Å². The predicted octanol–water partition coefficient (Wildman–Crippen LogP) is 5.69. The van der Waals surface area contributed by atoms with Crippen molar-refractivity contribution in [3.63, 3.8) is 0 Å². The fourth-order valence-electron chi connectivity index (χ4n) is 2.04. The Bertz CT molecular complexity index is 511. The van der Waals surface area contributed by atoms with Gasteiger partial charge in [0.15, 0.2) is 0 Å². The zero-order chi connectivity index (χ0) is 13.7. The number of nitrogens with one attached hydrogen (secondary N) is 1. The topological polar surface area (TPSA) is 12.0 Å². The SMILES string of the molecule is CCCC(NCc1cccc(Cl)c1Cl)c1cccs1. The van der Waals surface area contributed by atoms with Gasteiger partial charge in [-0.25, -0.2) is 0 Å². The summed E-state index contributed by atoms with van der Waals surface area (Å²) in [6, 6.07) is 10.4. The van der Waals surface area contributed by atoms with E-state index in [4.69, 9.17) is 23.2 Å². The standard InChI is InChI=1S/C15H17Cl2NS/c1-2-5-13(14-8-4-9-19-14)18-10-11-6-3-7-12(16)15(11)17/h3-4,6-9,13,18H,2,5,10H2,1H3. The van der Waals surface area contributed by atoms with Crippen molar-refractivity contribution in [3.05, 3.63) is 56.2 Å². The maximum Gasteiger partial charge on any atom is 0.0637 e. The summed E-state index contributed by atoms with van der Waals surface area (Å²) in [6.45, 7) is 2.94. The van der Waals surface area contributed by atoms with Crippen LogP contribution in [0.3, 0.4) is 0 Å². The van der Waals surface area contributed by atoms with Gasteiger partial charge in [-0.3, -0.25) is 0 Å². The van der Waals surface area contributed by atoms with Gasteiger partial charge < -0.3 is 5.32 Å². The summed E-state index contributed by atoms with van der Waals surface area (Å²) < 4.78 is 0. The Morgan fingerprint density at radius 3 is 2.74 bits per heavy atom. The molecule has 2 rings (SSSR count). The Kier molecular flexibility index (Phi) is 5.71. The molecule has 4 heteroatoms. The molecule has 1 N–H and O–H groups in total. The van der Waals surface area contributed by atoms with Gasteiger partial charge in [-0.2, -0.15) is 0 Å². The van der Waals surface area contributed by atoms with Crippen molar-refractivity contribution in [1.29, 1.82) is 0 Å². The lowest BCUT2D eigenvalue weighted by Crippen LogP contribution is -2.20. The third-order valence-corrected chi connectivity index (χ3v) is 4.88. The van der Waals surface area contributed by atoms with Crippen LogP contribution < -0.4 is 5.32 Å². The molecule has 1 nitrogen and oxygen atoms in total. The number of hydrogen-bond acceptors (Lipinski definition) is 2. The Hall–Kier alpha value is -0.540. The number of rotatable bonds is 6. The minimum atomic E-state index is 0.389. The van der Waals surface area contributed by atoms with E-state index in [2.05, 4.69) is 29.8 Å². The van der Waals surface area contributed by atoms with Crippen molar-refractivity contribution in [2.24, 2.45) is 0 Å². The highest BCUT2D eigenvalue weighted by atomic mass is 35.5. The van der Waals surface area contributed by atoms with Crippen LogP contribution >= 0.6 is 34.5 Å². The maximum atomic E-state index is 6.21. The minimum Gasteiger partial charge on any atom is -0.305 e. The molecule has 19 heavy (non-hydrogen) atoms. The molecule has 2 aromatic rings. The summed E-state index contributed by atoms with van der Waals surface area (Å²) in [5.74, 6) is 0. The molecule has 1 heterocycles. The van der Waals surface area contributed by atoms with Crippen LogP contribution in [-0.4, -0.2) is 0 Å². The number of benzene rings is 1. The van der Waals surface area contributed by atoms with Crippen molar-refractivity contribution >= 4 is 34.5 Å². The second kappa shape index (κ2) is 7.30. The van der Waals surface area contributed by atoms with Crippen molar-refractivity contribution in [1.82, 2.24) is 5.32 Å². The highest BCUT2D eigenvalue weighted by Crippen LogP contribution is 2.27. The molecular weight excluding hydrogens is 297 g/mol. The highest BCUT2D eigenvalue weighted by Gasteiger charge is 2.12. The van der Waals surface area contributed by atoms with E-state index in [1.54, 1.807) is 11.3 Å². The lowest BCUT2D eigenvalue weighted by molar-refractivity contribution is 0.500. The summed E-state index contributed by atoms with van der Waals surface area (Å²) in [4.78, 5) is 1.38. The third-order valence-electron chi connectivity index (χ3n) is 3.03. The van der Waals surface area contributed by atoms with Gasteiger partial charge in [-0.05, 0) is 29.5 Å². The van der Waals surface area contributed by atoms with Crippen LogP contribution in [0.2, 0.25) is 10.0 Å². The second-order valence-corrected chi connectivity index (χ2v) is 6.21. The van der Waals surface area contributed by atoms with Crippen LogP contribution in [0.15, 0.2) is 35.7 Å². The van der Waals surface area contributed by atoms with Crippen LogP contribution in [0.5, 0.6) is 0 Å². The first-order chi connectivity index (χ1) is 9.22. The smallest absolute Gasteiger partial charge is 0.0637 e. The molecule has 0 radical (unpaired) electrons. The Morgan fingerprint density at radius 1 is 1.21 bits per heavy atom. The lowest BCUT2D eigenvalue weighted by atomic mass is 10.1. The summed E-state index contributed by atoms with van der Waals surface area (Å²) in [5, 5.41) is 6.96. The molecule has 0 fully saturated rings. The van der Waals surface area contributed by atoms with Gasteiger partial charge in [-0.1, -0.05) is 54.7 Å². The van der Waals surface area contributed by atoms with E-state index in [0.717, 1.165) is 24.9 Å². The van der Waals surface area contributed by atoms with Crippen molar-refractivity contribution in [2.45, 2.75) is 32.4 Å². The molecule has 0 aliphatic heterocycles. The Balaban J connectivity index is 2.05. The van der Waals surface area contributed by atoms with Gasteiger partial charge in [0.25, 0.3) is 0 Å². The molecule has 0 aliphatic carbocycles. The summed E-state index contributed by atoms with van der Waals surface area (Å²) in [6.07, 6.45) is 2.28. The molecule has 1 atom stereocenters. The predicted molar refractivity (Wildman–Crippen MR) is 85.3 cm³/mol. The van der Waals surface area contributed by atoms with E-state index in [9.17, 15) is 0 Å². The van der Waals surface area contributed by atoms with Crippen LogP contribution in [0.25, 0.3) is 0 Å². The minimum absolute atomic E-state index is 0.389. The van der Waals surface area contributed by atoms with E-state index in [-0.39, 0.29) is 0 Å². The highest BCUT2D eigenvalue weighted by molar-refractivity contribution is 7.10. The van der Waals surface area contributed by atoms with E-state index >= 15 is 0 Å². The van der Waals surface area contributed by atoms with Gasteiger partial charge >= 0.3 is 0 Å². The third kappa shape index (κ3) is 3.96. The molecule has 1 aromatic carbocycles. The number of hydrogen-bond donors (Lipinski definition) is 1. The molecule has 0 saturated heterocycles. The molecule has 0 bridgehead atoms.